The average molecular weight is 722 g/mol. The highest BCUT2D eigenvalue weighted by molar-refractivity contribution is 5.95. The maximum atomic E-state index is 13.3. The van der Waals surface area contributed by atoms with Gasteiger partial charge >= 0.3 is 5.97 Å². The van der Waals surface area contributed by atoms with Gasteiger partial charge in [0.05, 0.1) is 65.1 Å². The minimum atomic E-state index is -1.13. The Morgan fingerprint density at radius 2 is 1.31 bits per heavy atom. The van der Waals surface area contributed by atoms with E-state index in [1.165, 1.54) is 6.92 Å². The molecule has 0 unspecified atom stereocenters. The fourth-order valence-electron chi connectivity index (χ4n) is 5.21. The smallest absolute Gasteiger partial charge is 0.325 e. The number of carbonyl (C=O) groups excluding carboxylic acids is 4. The molecule has 52 heavy (non-hydrogen) atoms. The highest BCUT2D eigenvalue weighted by atomic mass is 16.6. The van der Waals surface area contributed by atoms with Crippen molar-refractivity contribution < 1.29 is 48.0 Å². The number of carboxylic acids is 1. The largest absolute Gasteiger partial charge is 0.480 e. The highest BCUT2D eigenvalue weighted by Crippen LogP contribution is 2.26. The van der Waals surface area contributed by atoms with Crippen molar-refractivity contribution in [2.24, 2.45) is 11.8 Å². The fourth-order valence-corrected chi connectivity index (χ4v) is 5.21. The van der Waals surface area contributed by atoms with Crippen molar-refractivity contribution in [3.8, 4) is 11.8 Å². The second kappa shape index (κ2) is 23.1. The normalized spacial score (nSPS) is 13.0. The molecule has 3 rings (SSSR count). The number of anilines is 1. The van der Waals surface area contributed by atoms with Gasteiger partial charge in [0.2, 0.25) is 17.7 Å². The first-order valence-electron chi connectivity index (χ1n) is 17.7. The number of nitrogens with zero attached hydrogens (tertiary/aromatic N) is 1. The number of fused-ring (bicyclic) bond motifs is 2. The molecule has 0 saturated heterocycles. The van der Waals surface area contributed by atoms with Gasteiger partial charge in [-0.15, -0.1) is 0 Å². The number of carbonyl (C=O) groups is 5. The standard InChI is InChI=1S/C39H51N3O10/c1-28(2)34(38(46)41-29(3)39(47)48)26-33(43)15-18-49-20-22-51-24-25-52-23-21-50-19-16-36(44)40-17-14-37(45)42-27-32-10-5-4-8-30(32)12-13-31-9-6-7-11-35(31)42/h4-11,28-29,34H,14-27H2,1-3H3,(H,40,44)(H,41,46)(H,47,48)/t29-,34-/m0/s1. The number of amides is 3. The third kappa shape index (κ3) is 14.9. The third-order valence-corrected chi connectivity index (χ3v) is 8.27. The van der Waals surface area contributed by atoms with Gasteiger partial charge in [-0.05, 0) is 36.6 Å². The number of ketones is 1. The summed E-state index contributed by atoms with van der Waals surface area (Å²) in [4.78, 5) is 63.0. The van der Waals surface area contributed by atoms with Crippen LogP contribution in [0.5, 0.6) is 0 Å². The van der Waals surface area contributed by atoms with Crippen LogP contribution in [0.2, 0.25) is 0 Å². The van der Waals surface area contributed by atoms with Crippen LogP contribution < -0.4 is 15.5 Å². The molecule has 2 aromatic rings. The summed E-state index contributed by atoms with van der Waals surface area (Å²) in [6.07, 6.45) is 0.485. The van der Waals surface area contributed by atoms with E-state index in [-0.39, 0.29) is 69.0 Å². The number of benzene rings is 2. The Morgan fingerprint density at radius 1 is 0.750 bits per heavy atom. The van der Waals surface area contributed by atoms with Crippen LogP contribution in [0.1, 0.15) is 63.1 Å². The maximum Gasteiger partial charge on any atom is 0.325 e. The second-order valence-corrected chi connectivity index (χ2v) is 12.6. The van der Waals surface area contributed by atoms with Crippen LogP contribution in [0.3, 0.4) is 0 Å². The number of hydrogen-bond donors (Lipinski definition) is 3. The summed E-state index contributed by atoms with van der Waals surface area (Å²) in [6, 6.07) is 14.3. The lowest BCUT2D eigenvalue weighted by Crippen LogP contribution is -2.43. The quantitative estimate of drug-likeness (QED) is 0.108. The molecule has 3 amide bonds. The molecule has 0 saturated carbocycles. The highest BCUT2D eigenvalue weighted by Gasteiger charge is 2.27. The molecule has 13 heteroatoms. The summed E-state index contributed by atoms with van der Waals surface area (Å²) >= 11 is 0. The Labute approximate surface area is 305 Å². The van der Waals surface area contributed by atoms with Crippen molar-refractivity contribution in [2.75, 3.05) is 64.3 Å². The van der Waals surface area contributed by atoms with Crippen LogP contribution in [0.4, 0.5) is 5.69 Å². The molecule has 1 aliphatic heterocycles. The summed E-state index contributed by atoms with van der Waals surface area (Å²) in [6.45, 7) is 8.05. The summed E-state index contributed by atoms with van der Waals surface area (Å²) in [5.41, 5.74) is 3.40. The molecule has 2 aromatic carbocycles. The average Bonchev–Trinajstić information content (AvgIpc) is 3.11. The van der Waals surface area contributed by atoms with E-state index in [2.05, 4.69) is 22.5 Å². The third-order valence-electron chi connectivity index (χ3n) is 8.27. The molecule has 3 N–H and O–H groups in total. The Kier molecular flexibility index (Phi) is 18.5. The SMILES string of the molecule is CC(C)[C@H](CC(=O)CCOCCOCCOCCOCCC(=O)NCCC(=O)N1Cc2ccccc2C#Cc2ccccc21)C(=O)N[C@@H](C)C(=O)O. The van der Waals surface area contributed by atoms with Gasteiger partial charge < -0.3 is 39.6 Å². The van der Waals surface area contributed by atoms with E-state index in [9.17, 15) is 24.0 Å². The molecule has 0 bridgehead atoms. The maximum absolute atomic E-state index is 13.3. The van der Waals surface area contributed by atoms with Crippen LogP contribution in [0.25, 0.3) is 0 Å². The van der Waals surface area contributed by atoms with Crippen molar-refractivity contribution in [1.29, 1.82) is 0 Å². The molecule has 282 valence electrons. The molecule has 2 atom stereocenters. The molecule has 0 radical (unpaired) electrons. The number of rotatable bonds is 24. The zero-order chi connectivity index (χ0) is 37.7. The van der Waals surface area contributed by atoms with E-state index >= 15 is 0 Å². The Morgan fingerprint density at radius 3 is 1.94 bits per heavy atom. The number of Topliss-reactive ketones (excluding diaryl/α,β-unsaturated/α-hetero) is 1. The van der Waals surface area contributed by atoms with Crippen LogP contribution >= 0.6 is 0 Å². The summed E-state index contributed by atoms with van der Waals surface area (Å²) in [7, 11) is 0. The van der Waals surface area contributed by atoms with E-state index in [4.69, 9.17) is 24.1 Å². The van der Waals surface area contributed by atoms with Gasteiger partial charge in [0.15, 0.2) is 0 Å². The van der Waals surface area contributed by atoms with Crippen molar-refractivity contribution in [3.63, 3.8) is 0 Å². The lowest BCUT2D eigenvalue weighted by molar-refractivity contribution is -0.142. The van der Waals surface area contributed by atoms with Gasteiger partial charge in [-0.25, -0.2) is 0 Å². The summed E-state index contributed by atoms with van der Waals surface area (Å²) in [5, 5.41) is 14.2. The predicted molar refractivity (Wildman–Crippen MR) is 193 cm³/mol. The van der Waals surface area contributed by atoms with Crippen LogP contribution in [-0.4, -0.2) is 100 Å². The van der Waals surface area contributed by atoms with Crippen molar-refractivity contribution in [1.82, 2.24) is 10.6 Å². The first-order valence-corrected chi connectivity index (χ1v) is 17.7. The summed E-state index contributed by atoms with van der Waals surface area (Å²) < 4.78 is 21.9. The van der Waals surface area contributed by atoms with E-state index in [1.54, 1.807) is 4.90 Å². The Bertz CT molecular complexity index is 1550. The molecule has 13 nitrogen and oxygen atoms in total. The van der Waals surface area contributed by atoms with Crippen LogP contribution in [-0.2, 0) is 49.5 Å². The lowest BCUT2D eigenvalue weighted by atomic mass is 9.89. The number of hydrogen-bond acceptors (Lipinski definition) is 9. The minimum Gasteiger partial charge on any atom is -0.480 e. The Balaban J connectivity index is 1.16. The molecule has 1 heterocycles. The van der Waals surface area contributed by atoms with E-state index < -0.39 is 23.8 Å². The number of carboxylic acid groups (broad SMARTS) is 1. The molecule has 0 aromatic heterocycles. The van der Waals surface area contributed by atoms with Crippen LogP contribution in [0.15, 0.2) is 48.5 Å². The lowest BCUT2D eigenvalue weighted by Gasteiger charge is -2.26. The zero-order valence-corrected chi connectivity index (χ0v) is 30.3. The topological polar surface area (TPSA) is 170 Å². The molecular weight excluding hydrogens is 670 g/mol. The number of ether oxygens (including phenoxy) is 4. The van der Waals surface area contributed by atoms with Crippen LogP contribution in [0, 0.1) is 23.7 Å². The van der Waals surface area contributed by atoms with E-state index in [0.717, 1.165) is 22.4 Å². The van der Waals surface area contributed by atoms with Gasteiger partial charge in [-0.1, -0.05) is 56.0 Å². The van der Waals surface area contributed by atoms with E-state index in [1.807, 2.05) is 62.4 Å². The zero-order valence-electron chi connectivity index (χ0n) is 30.3. The van der Waals surface area contributed by atoms with Gasteiger partial charge in [-0.3, -0.25) is 24.0 Å². The number of para-hydroxylation sites is 1. The predicted octanol–water partition coefficient (Wildman–Crippen LogP) is 3.11. The molecular formula is C39H51N3O10. The van der Waals surface area contributed by atoms with Crippen molar-refractivity contribution in [2.45, 2.75) is 59.0 Å². The van der Waals surface area contributed by atoms with Gasteiger partial charge in [0.1, 0.15) is 11.8 Å². The molecule has 1 aliphatic rings. The first-order chi connectivity index (χ1) is 25.1. The summed E-state index contributed by atoms with van der Waals surface area (Å²) in [5.74, 6) is 3.65. The van der Waals surface area contributed by atoms with Gasteiger partial charge in [0.25, 0.3) is 0 Å². The second-order valence-electron chi connectivity index (χ2n) is 12.6. The Hall–Kier alpha value is -4.61. The first kappa shape index (κ1) is 41.8. The molecule has 0 fully saturated rings. The monoisotopic (exact) mass is 721 g/mol. The van der Waals surface area contributed by atoms with Gasteiger partial charge in [0, 0.05) is 49.3 Å². The molecule has 0 spiro atoms. The number of nitrogens with one attached hydrogen (secondary N) is 2. The fraction of sp³-hybridized carbons (Fsp3) is 0.513. The van der Waals surface area contributed by atoms with Gasteiger partial charge in [-0.2, -0.15) is 0 Å². The molecule has 0 aliphatic carbocycles. The van der Waals surface area contributed by atoms with Crippen molar-refractivity contribution >= 4 is 35.2 Å². The number of aliphatic carboxylic acids is 1. The van der Waals surface area contributed by atoms with Crippen molar-refractivity contribution in [3.05, 3.63) is 65.2 Å². The minimum absolute atomic E-state index is 0.0224. The van der Waals surface area contributed by atoms with E-state index in [0.29, 0.717) is 46.2 Å².